The minimum atomic E-state index is -0.838. The molecule has 6 heteroatoms. The Kier molecular flexibility index (Phi) is 8.14. The highest BCUT2D eigenvalue weighted by molar-refractivity contribution is 5.74. The standard InChI is InChI=1S/C13H27N3O3/c1-6-16(11(3)9-15(4)5)13(19)14-8-10(2)7-12(17)18/h10-11H,6-9H2,1-5H3,(H,14,19)(H,17,18). The van der Waals surface area contributed by atoms with Crippen LogP contribution in [0.2, 0.25) is 0 Å². The van der Waals surface area contributed by atoms with Gasteiger partial charge in [0.15, 0.2) is 0 Å². The highest BCUT2D eigenvalue weighted by atomic mass is 16.4. The van der Waals surface area contributed by atoms with Crippen LogP contribution in [0, 0.1) is 5.92 Å². The summed E-state index contributed by atoms with van der Waals surface area (Å²) in [5.41, 5.74) is 0. The van der Waals surface area contributed by atoms with Crippen molar-refractivity contribution in [2.45, 2.75) is 33.2 Å². The van der Waals surface area contributed by atoms with Gasteiger partial charge >= 0.3 is 12.0 Å². The van der Waals surface area contributed by atoms with Gasteiger partial charge in [0.05, 0.1) is 0 Å². The topological polar surface area (TPSA) is 72.9 Å². The van der Waals surface area contributed by atoms with E-state index in [1.807, 2.05) is 39.8 Å². The van der Waals surface area contributed by atoms with Gasteiger partial charge in [0.2, 0.25) is 0 Å². The second-order valence-electron chi connectivity index (χ2n) is 5.29. The molecule has 2 unspecified atom stereocenters. The first-order chi connectivity index (χ1) is 8.77. The van der Waals surface area contributed by atoms with Gasteiger partial charge in [0, 0.05) is 32.1 Å². The lowest BCUT2D eigenvalue weighted by Crippen LogP contribution is -2.49. The highest BCUT2D eigenvalue weighted by Crippen LogP contribution is 2.03. The van der Waals surface area contributed by atoms with Crippen molar-refractivity contribution in [2.24, 2.45) is 5.92 Å². The van der Waals surface area contributed by atoms with Gasteiger partial charge in [-0.25, -0.2) is 4.79 Å². The van der Waals surface area contributed by atoms with Crippen LogP contribution in [0.15, 0.2) is 0 Å². The van der Waals surface area contributed by atoms with Crippen LogP contribution in [0.4, 0.5) is 4.79 Å². The summed E-state index contributed by atoms with van der Waals surface area (Å²) in [7, 11) is 3.94. The van der Waals surface area contributed by atoms with Gasteiger partial charge in [-0.3, -0.25) is 4.79 Å². The number of amides is 2. The second-order valence-corrected chi connectivity index (χ2v) is 5.29. The van der Waals surface area contributed by atoms with Crippen LogP contribution in [0.3, 0.4) is 0 Å². The van der Waals surface area contributed by atoms with Crippen molar-refractivity contribution in [3.8, 4) is 0 Å². The van der Waals surface area contributed by atoms with Crippen LogP contribution < -0.4 is 5.32 Å². The van der Waals surface area contributed by atoms with E-state index in [-0.39, 0.29) is 24.4 Å². The molecule has 19 heavy (non-hydrogen) atoms. The molecule has 0 fully saturated rings. The zero-order valence-corrected chi connectivity index (χ0v) is 12.6. The molecule has 112 valence electrons. The largest absolute Gasteiger partial charge is 0.481 e. The van der Waals surface area contributed by atoms with E-state index in [4.69, 9.17) is 5.11 Å². The fraction of sp³-hybridized carbons (Fsp3) is 0.846. The molecule has 0 radical (unpaired) electrons. The second kappa shape index (κ2) is 8.74. The molecule has 0 aromatic heterocycles. The van der Waals surface area contributed by atoms with Crippen molar-refractivity contribution in [1.82, 2.24) is 15.1 Å². The first-order valence-corrected chi connectivity index (χ1v) is 6.68. The summed E-state index contributed by atoms with van der Waals surface area (Å²) < 4.78 is 0. The van der Waals surface area contributed by atoms with Gasteiger partial charge in [-0.2, -0.15) is 0 Å². The van der Waals surface area contributed by atoms with Gasteiger partial charge in [-0.15, -0.1) is 0 Å². The highest BCUT2D eigenvalue weighted by Gasteiger charge is 2.19. The molecule has 0 heterocycles. The van der Waals surface area contributed by atoms with E-state index in [0.29, 0.717) is 13.1 Å². The van der Waals surface area contributed by atoms with E-state index in [2.05, 4.69) is 5.32 Å². The molecule has 2 atom stereocenters. The molecule has 0 spiro atoms. The van der Waals surface area contributed by atoms with E-state index in [0.717, 1.165) is 6.54 Å². The summed E-state index contributed by atoms with van der Waals surface area (Å²) in [6.45, 7) is 7.57. The Bertz CT molecular complexity index is 295. The number of rotatable bonds is 8. The SMILES string of the molecule is CCN(C(=O)NCC(C)CC(=O)O)C(C)CN(C)C. The van der Waals surface area contributed by atoms with Gasteiger partial charge in [-0.1, -0.05) is 6.92 Å². The minimum Gasteiger partial charge on any atom is -0.481 e. The minimum absolute atomic E-state index is 0.0655. The molecule has 0 saturated carbocycles. The van der Waals surface area contributed by atoms with Crippen molar-refractivity contribution in [3.63, 3.8) is 0 Å². The van der Waals surface area contributed by atoms with E-state index in [9.17, 15) is 9.59 Å². The third-order valence-electron chi connectivity index (χ3n) is 2.89. The number of hydrogen-bond donors (Lipinski definition) is 2. The fourth-order valence-electron chi connectivity index (χ4n) is 2.02. The molecule has 0 aliphatic heterocycles. The lowest BCUT2D eigenvalue weighted by molar-refractivity contribution is -0.137. The fourth-order valence-corrected chi connectivity index (χ4v) is 2.02. The first-order valence-electron chi connectivity index (χ1n) is 6.68. The van der Waals surface area contributed by atoms with E-state index < -0.39 is 5.97 Å². The number of likely N-dealkylation sites (N-methyl/N-ethyl adjacent to an activating group) is 2. The van der Waals surface area contributed by atoms with E-state index >= 15 is 0 Å². The van der Waals surface area contributed by atoms with Gasteiger partial charge in [0.1, 0.15) is 0 Å². The quantitative estimate of drug-likeness (QED) is 0.694. The Morgan fingerprint density at radius 2 is 1.84 bits per heavy atom. The molecular formula is C13H27N3O3. The zero-order valence-electron chi connectivity index (χ0n) is 12.6. The number of hydrogen-bond acceptors (Lipinski definition) is 3. The lowest BCUT2D eigenvalue weighted by atomic mass is 10.1. The molecule has 6 nitrogen and oxygen atoms in total. The maximum atomic E-state index is 12.0. The molecule has 0 rings (SSSR count). The predicted molar refractivity (Wildman–Crippen MR) is 75.2 cm³/mol. The Balaban J connectivity index is 4.24. The third-order valence-corrected chi connectivity index (χ3v) is 2.89. The Labute approximate surface area is 115 Å². The monoisotopic (exact) mass is 273 g/mol. The number of urea groups is 1. The summed E-state index contributed by atoms with van der Waals surface area (Å²) in [4.78, 5) is 26.4. The van der Waals surface area contributed by atoms with Crippen LogP contribution in [-0.4, -0.2) is 66.7 Å². The molecule has 0 aliphatic rings. The first kappa shape index (κ1) is 17.7. The van der Waals surface area contributed by atoms with Crippen LogP contribution >= 0.6 is 0 Å². The van der Waals surface area contributed by atoms with E-state index in [1.165, 1.54) is 0 Å². The maximum Gasteiger partial charge on any atom is 0.317 e. The Morgan fingerprint density at radius 1 is 1.26 bits per heavy atom. The summed E-state index contributed by atoms with van der Waals surface area (Å²) in [5, 5.41) is 11.5. The molecule has 0 aromatic carbocycles. The number of carboxylic acids is 1. The summed E-state index contributed by atoms with van der Waals surface area (Å²) >= 11 is 0. The number of nitrogens with one attached hydrogen (secondary N) is 1. The van der Waals surface area contributed by atoms with Crippen LogP contribution in [0.5, 0.6) is 0 Å². The smallest absolute Gasteiger partial charge is 0.317 e. The predicted octanol–water partition coefficient (Wildman–Crippen LogP) is 1.08. The van der Waals surface area contributed by atoms with Gasteiger partial charge in [0.25, 0.3) is 0 Å². The van der Waals surface area contributed by atoms with Gasteiger partial charge < -0.3 is 20.2 Å². The number of carboxylic acid groups (broad SMARTS) is 1. The third kappa shape index (κ3) is 7.66. The van der Waals surface area contributed by atoms with Crippen molar-refractivity contribution >= 4 is 12.0 Å². The maximum absolute atomic E-state index is 12.0. The molecule has 0 saturated heterocycles. The van der Waals surface area contributed by atoms with Crippen LogP contribution in [0.25, 0.3) is 0 Å². The summed E-state index contributed by atoms with van der Waals surface area (Å²) in [5.74, 6) is -0.903. The number of carbonyl (C=O) groups is 2. The Hall–Kier alpha value is -1.30. The normalized spacial score (nSPS) is 14.0. The molecule has 0 bridgehead atoms. The Morgan fingerprint density at radius 3 is 2.26 bits per heavy atom. The van der Waals surface area contributed by atoms with Gasteiger partial charge in [-0.05, 0) is 33.9 Å². The van der Waals surface area contributed by atoms with Crippen molar-refractivity contribution < 1.29 is 14.7 Å². The van der Waals surface area contributed by atoms with Crippen molar-refractivity contribution in [3.05, 3.63) is 0 Å². The molecule has 2 N–H and O–H groups in total. The van der Waals surface area contributed by atoms with Crippen LogP contribution in [-0.2, 0) is 4.79 Å². The lowest BCUT2D eigenvalue weighted by Gasteiger charge is -2.30. The van der Waals surface area contributed by atoms with E-state index in [1.54, 1.807) is 4.90 Å². The number of nitrogens with zero attached hydrogens (tertiary/aromatic N) is 2. The number of aliphatic carboxylic acids is 1. The summed E-state index contributed by atoms with van der Waals surface area (Å²) in [6.07, 6.45) is 0.0691. The molecule has 0 aliphatic carbocycles. The molecule has 2 amide bonds. The summed E-state index contributed by atoms with van der Waals surface area (Å²) in [6, 6.07) is -0.0103. The van der Waals surface area contributed by atoms with Crippen molar-refractivity contribution in [1.29, 1.82) is 0 Å². The van der Waals surface area contributed by atoms with Crippen molar-refractivity contribution in [2.75, 3.05) is 33.7 Å². The average Bonchev–Trinajstić information content (AvgIpc) is 2.25. The zero-order chi connectivity index (χ0) is 15.0. The molecule has 0 aromatic rings. The average molecular weight is 273 g/mol. The van der Waals surface area contributed by atoms with Crippen LogP contribution in [0.1, 0.15) is 27.2 Å². The molecular weight excluding hydrogens is 246 g/mol. The number of carbonyl (C=O) groups excluding carboxylic acids is 1.